The molecule has 1 amide bonds. The van der Waals surface area contributed by atoms with E-state index in [1.807, 2.05) is 45.8 Å². The van der Waals surface area contributed by atoms with Crippen LogP contribution in [0.15, 0.2) is 29.3 Å². The van der Waals surface area contributed by atoms with Gasteiger partial charge in [0, 0.05) is 26.7 Å². The molecule has 0 aromatic heterocycles. The van der Waals surface area contributed by atoms with E-state index in [0.717, 1.165) is 12.0 Å². The quantitative estimate of drug-likeness (QED) is 0.211. The summed E-state index contributed by atoms with van der Waals surface area (Å²) in [7, 11) is 5.60. The number of aliphatic imine (C=N–C) groups is 1. The summed E-state index contributed by atoms with van der Waals surface area (Å²) < 4.78 is 18.7. The highest BCUT2D eigenvalue weighted by Crippen LogP contribution is 2.18. The number of guanidine groups is 1. The minimum Gasteiger partial charge on any atom is -0.444 e. The molecule has 1 aromatic carbocycles. The maximum Gasteiger partial charge on any atom is 0.407 e. The minimum atomic E-state index is -0.501. The van der Waals surface area contributed by atoms with E-state index >= 15 is 0 Å². The number of nitrogens with one attached hydrogen (secondary N) is 3. The molecule has 0 fully saturated rings. The number of halogens is 2. The molecule has 0 bridgehead atoms. The van der Waals surface area contributed by atoms with E-state index in [4.69, 9.17) is 4.74 Å². The molecule has 9 heteroatoms. The van der Waals surface area contributed by atoms with Crippen LogP contribution in [0.5, 0.6) is 0 Å². The first kappa shape index (κ1) is 27.4. The Morgan fingerprint density at radius 3 is 2.41 bits per heavy atom. The molecule has 166 valence electrons. The first-order valence-corrected chi connectivity index (χ1v) is 9.45. The van der Waals surface area contributed by atoms with Crippen LogP contribution in [0.25, 0.3) is 0 Å². The number of alkyl carbamates (subject to hydrolysis) is 1. The van der Waals surface area contributed by atoms with Crippen molar-refractivity contribution in [2.45, 2.75) is 38.8 Å². The van der Waals surface area contributed by atoms with Gasteiger partial charge in [0.2, 0.25) is 0 Å². The van der Waals surface area contributed by atoms with Crippen molar-refractivity contribution >= 4 is 36.0 Å². The van der Waals surface area contributed by atoms with E-state index in [2.05, 4.69) is 20.9 Å². The number of carbonyl (C=O) groups is 1. The standard InChI is InChI=1S/C20H34FN5O2.HI/c1-20(2,3)28-19(27)24-12-8-11-23-18(22-4)25-14-17(26(5)6)15-9-7-10-16(21)13-15;/h7,9-10,13,17H,8,11-12,14H2,1-6H3,(H,24,27)(H2,22,23,25);1H. The number of carbonyl (C=O) groups excluding carboxylic acids is 1. The van der Waals surface area contributed by atoms with E-state index in [1.54, 1.807) is 19.2 Å². The number of ether oxygens (including phenoxy) is 1. The van der Waals surface area contributed by atoms with Crippen molar-refractivity contribution in [2.75, 3.05) is 40.8 Å². The molecular formula is C20H35FIN5O2. The molecule has 0 saturated carbocycles. The second-order valence-electron chi connectivity index (χ2n) is 7.70. The van der Waals surface area contributed by atoms with E-state index in [0.29, 0.717) is 25.6 Å². The van der Waals surface area contributed by atoms with Crippen LogP contribution in [-0.4, -0.2) is 63.3 Å². The smallest absolute Gasteiger partial charge is 0.407 e. The summed E-state index contributed by atoms with van der Waals surface area (Å²) in [4.78, 5) is 17.8. The summed E-state index contributed by atoms with van der Waals surface area (Å²) in [5, 5.41) is 9.18. The molecule has 0 radical (unpaired) electrons. The summed E-state index contributed by atoms with van der Waals surface area (Å²) in [6, 6.07) is 6.61. The van der Waals surface area contributed by atoms with Crippen molar-refractivity contribution in [2.24, 2.45) is 4.99 Å². The van der Waals surface area contributed by atoms with Gasteiger partial charge in [-0.05, 0) is 59.0 Å². The van der Waals surface area contributed by atoms with Crippen LogP contribution >= 0.6 is 24.0 Å². The maximum atomic E-state index is 13.5. The number of hydrogen-bond acceptors (Lipinski definition) is 4. The highest BCUT2D eigenvalue weighted by molar-refractivity contribution is 14.0. The first-order valence-electron chi connectivity index (χ1n) is 9.45. The molecule has 1 rings (SSSR count). The molecule has 7 nitrogen and oxygen atoms in total. The summed E-state index contributed by atoms with van der Waals surface area (Å²) in [6.07, 6.45) is 0.306. The van der Waals surface area contributed by atoms with E-state index < -0.39 is 11.7 Å². The topological polar surface area (TPSA) is 78.0 Å². The maximum absolute atomic E-state index is 13.5. The van der Waals surface area contributed by atoms with Gasteiger partial charge in [-0.25, -0.2) is 9.18 Å². The van der Waals surface area contributed by atoms with Gasteiger partial charge >= 0.3 is 6.09 Å². The van der Waals surface area contributed by atoms with Gasteiger partial charge in [0.05, 0.1) is 6.04 Å². The van der Waals surface area contributed by atoms with Crippen LogP contribution in [-0.2, 0) is 4.74 Å². The fourth-order valence-corrected chi connectivity index (χ4v) is 2.53. The highest BCUT2D eigenvalue weighted by atomic mass is 127. The number of rotatable bonds is 8. The molecule has 29 heavy (non-hydrogen) atoms. The van der Waals surface area contributed by atoms with Gasteiger partial charge in [-0.15, -0.1) is 24.0 Å². The number of nitrogens with zero attached hydrogens (tertiary/aromatic N) is 2. The molecule has 0 heterocycles. The molecule has 0 aliphatic carbocycles. The SMILES string of the molecule is CN=C(NCCCNC(=O)OC(C)(C)C)NCC(c1cccc(F)c1)N(C)C.I. The van der Waals surface area contributed by atoms with Gasteiger partial charge in [0.25, 0.3) is 0 Å². The Kier molecular flexibility index (Phi) is 12.8. The van der Waals surface area contributed by atoms with Crippen molar-refractivity contribution in [1.29, 1.82) is 0 Å². The minimum absolute atomic E-state index is 0. The number of hydrogen-bond donors (Lipinski definition) is 3. The average molecular weight is 523 g/mol. The van der Waals surface area contributed by atoms with Gasteiger partial charge in [-0.2, -0.15) is 0 Å². The van der Waals surface area contributed by atoms with Crippen LogP contribution in [0.3, 0.4) is 0 Å². The van der Waals surface area contributed by atoms with E-state index in [-0.39, 0.29) is 35.8 Å². The normalized spacial score (nSPS) is 12.8. The lowest BCUT2D eigenvalue weighted by Crippen LogP contribution is -2.42. The van der Waals surface area contributed by atoms with Crippen LogP contribution in [0, 0.1) is 5.82 Å². The van der Waals surface area contributed by atoms with Crippen LogP contribution in [0.4, 0.5) is 9.18 Å². The molecular weight excluding hydrogens is 488 g/mol. The monoisotopic (exact) mass is 523 g/mol. The molecule has 1 atom stereocenters. The summed E-state index contributed by atoms with van der Waals surface area (Å²) >= 11 is 0. The molecule has 1 unspecified atom stereocenters. The Hall–Kier alpha value is -1.62. The lowest BCUT2D eigenvalue weighted by Gasteiger charge is -2.26. The third-order valence-electron chi connectivity index (χ3n) is 3.86. The van der Waals surface area contributed by atoms with Crippen molar-refractivity contribution in [3.63, 3.8) is 0 Å². The van der Waals surface area contributed by atoms with Crippen molar-refractivity contribution in [3.05, 3.63) is 35.6 Å². The molecule has 0 spiro atoms. The second kappa shape index (κ2) is 13.6. The number of likely N-dealkylation sites (N-methyl/N-ethyl adjacent to an activating group) is 1. The fraction of sp³-hybridized carbons (Fsp3) is 0.600. The lowest BCUT2D eigenvalue weighted by molar-refractivity contribution is 0.0527. The van der Waals surface area contributed by atoms with E-state index in [9.17, 15) is 9.18 Å². The Balaban J connectivity index is 0.00000784. The Morgan fingerprint density at radius 1 is 1.21 bits per heavy atom. The highest BCUT2D eigenvalue weighted by Gasteiger charge is 2.16. The van der Waals surface area contributed by atoms with Gasteiger partial charge in [-0.1, -0.05) is 12.1 Å². The van der Waals surface area contributed by atoms with Gasteiger partial charge in [0.15, 0.2) is 5.96 Å². The Bertz CT molecular complexity index is 650. The zero-order chi connectivity index (χ0) is 21.2. The molecule has 3 N–H and O–H groups in total. The molecule has 1 aromatic rings. The van der Waals surface area contributed by atoms with Crippen molar-refractivity contribution in [3.8, 4) is 0 Å². The van der Waals surface area contributed by atoms with E-state index in [1.165, 1.54) is 6.07 Å². The third kappa shape index (κ3) is 11.8. The van der Waals surface area contributed by atoms with Crippen molar-refractivity contribution in [1.82, 2.24) is 20.9 Å². The predicted molar refractivity (Wildman–Crippen MR) is 126 cm³/mol. The molecule has 0 aliphatic rings. The molecule has 0 aliphatic heterocycles. The average Bonchev–Trinajstić information content (AvgIpc) is 2.58. The largest absolute Gasteiger partial charge is 0.444 e. The van der Waals surface area contributed by atoms with Crippen LogP contribution in [0.1, 0.15) is 38.8 Å². The molecule has 0 saturated heterocycles. The second-order valence-corrected chi connectivity index (χ2v) is 7.70. The lowest BCUT2D eigenvalue weighted by atomic mass is 10.1. The van der Waals surface area contributed by atoms with Crippen LogP contribution < -0.4 is 16.0 Å². The number of benzene rings is 1. The fourth-order valence-electron chi connectivity index (χ4n) is 2.53. The Labute approximate surface area is 190 Å². The summed E-state index contributed by atoms with van der Waals surface area (Å²) in [5.74, 6) is 0.407. The summed E-state index contributed by atoms with van der Waals surface area (Å²) in [6.45, 7) is 7.20. The number of amides is 1. The first-order chi connectivity index (χ1) is 13.1. The van der Waals surface area contributed by atoms with Gasteiger partial charge < -0.3 is 25.6 Å². The van der Waals surface area contributed by atoms with Gasteiger partial charge in [-0.3, -0.25) is 4.99 Å². The van der Waals surface area contributed by atoms with Crippen molar-refractivity contribution < 1.29 is 13.9 Å². The Morgan fingerprint density at radius 2 is 1.86 bits per heavy atom. The zero-order valence-electron chi connectivity index (χ0n) is 18.2. The zero-order valence-corrected chi connectivity index (χ0v) is 20.5. The van der Waals surface area contributed by atoms with Crippen LogP contribution in [0.2, 0.25) is 0 Å². The predicted octanol–water partition coefficient (Wildman–Crippen LogP) is 3.13. The summed E-state index contributed by atoms with van der Waals surface area (Å²) in [5.41, 5.74) is 0.397. The van der Waals surface area contributed by atoms with Gasteiger partial charge in [0.1, 0.15) is 11.4 Å². The third-order valence-corrected chi connectivity index (χ3v) is 3.86.